The maximum absolute atomic E-state index is 12.3. The molecule has 1 rings (SSSR count). The molecule has 5 heteroatoms. The van der Waals surface area contributed by atoms with Crippen molar-refractivity contribution in [2.24, 2.45) is 0 Å². The van der Waals surface area contributed by atoms with E-state index in [1.807, 2.05) is 0 Å². The molecule has 1 N–H and O–H groups in total. The summed E-state index contributed by atoms with van der Waals surface area (Å²) in [4.78, 5) is 3.73. The second kappa shape index (κ2) is 3.92. The van der Waals surface area contributed by atoms with Crippen molar-refractivity contribution in [3.8, 4) is 0 Å². The Kier molecular flexibility index (Phi) is 3.02. The molecule has 0 saturated heterocycles. The van der Waals surface area contributed by atoms with E-state index in [1.165, 1.54) is 0 Å². The average molecular weight is 216 g/mol. The Morgan fingerprint density at radius 1 is 1.47 bits per heavy atom. The molecule has 0 atom stereocenters. The Balaban J connectivity index is 3.25. The third-order valence-corrected chi connectivity index (χ3v) is 1.89. The Hall–Kier alpha value is -1.52. The van der Waals surface area contributed by atoms with Gasteiger partial charge in [-0.25, -0.2) is 0 Å². The fourth-order valence-corrected chi connectivity index (χ4v) is 1.15. The summed E-state index contributed by atoms with van der Waals surface area (Å²) in [6.07, 6.45) is -3.56. The summed E-state index contributed by atoms with van der Waals surface area (Å²) >= 11 is 0. The number of alkyl halides is 3. The van der Waals surface area contributed by atoms with E-state index in [1.54, 1.807) is 14.0 Å². The van der Waals surface area contributed by atoms with Gasteiger partial charge in [-0.05, 0) is 18.6 Å². The summed E-state index contributed by atoms with van der Waals surface area (Å²) in [5.41, 5.74) is 0.632. The molecule has 0 aliphatic carbocycles. The minimum atomic E-state index is -4.37. The Morgan fingerprint density at radius 3 is 2.47 bits per heavy atom. The van der Waals surface area contributed by atoms with Gasteiger partial charge in [-0.15, -0.1) is 0 Å². The van der Waals surface area contributed by atoms with E-state index in [9.17, 15) is 13.2 Å². The van der Waals surface area contributed by atoms with Crippen molar-refractivity contribution >= 4 is 11.3 Å². The molecule has 82 valence electrons. The van der Waals surface area contributed by atoms with Gasteiger partial charge in [0.25, 0.3) is 0 Å². The predicted octanol–water partition coefficient (Wildman–Crippen LogP) is 3.18. The predicted molar refractivity (Wildman–Crippen MR) is 53.5 cm³/mol. The van der Waals surface area contributed by atoms with Crippen molar-refractivity contribution in [3.63, 3.8) is 0 Å². The lowest BCUT2D eigenvalue weighted by molar-refractivity contribution is -0.137. The lowest BCUT2D eigenvalue weighted by Crippen LogP contribution is -2.08. The number of pyridine rings is 1. The van der Waals surface area contributed by atoms with Gasteiger partial charge in [0.1, 0.15) is 0 Å². The van der Waals surface area contributed by atoms with E-state index < -0.39 is 11.7 Å². The van der Waals surface area contributed by atoms with Crippen LogP contribution >= 0.6 is 0 Å². The van der Waals surface area contributed by atoms with Crippen molar-refractivity contribution < 1.29 is 13.2 Å². The lowest BCUT2D eigenvalue weighted by atomic mass is 10.1. The topological polar surface area (TPSA) is 24.9 Å². The Labute approximate surface area is 85.8 Å². The highest BCUT2D eigenvalue weighted by atomic mass is 19.4. The number of anilines is 1. The van der Waals surface area contributed by atoms with Crippen LogP contribution in [0.4, 0.5) is 18.9 Å². The van der Waals surface area contributed by atoms with Gasteiger partial charge in [0.15, 0.2) is 0 Å². The van der Waals surface area contributed by atoms with Crippen LogP contribution in [0.25, 0.3) is 5.57 Å². The maximum Gasteiger partial charge on any atom is 0.417 e. The summed E-state index contributed by atoms with van der Waals surface area (Å²) in [6, 6.07) is 1.02. The van der Waals surface area contributed by atoms with Gasteiger partial charge in [-0.1, -0.05) is 6.58 Å². The monoisotopic (exact) mass is 216 g/mol. The van der Waals surface area contributed by atoms with Gasteiger partial charge in [-0.3, -0.25) is 4.98 Å². The van der Waals surface area contributed by atoms with E-state index in [0.717, 1.165) is 12.3 Å². The van der Waals surface area contributed by atoms with Crippen LogP contribution in [0.2, 0.25) is 0 Å². The first-order valence-electron chi connectivity index (χ1n) is 4.27. The van der Waals surface area contributed by atoms with Gasteiger partial charge in [0.05, 0.1) is 16.9 Å². The molecular formula is C10H11F3N2. The van der Waals surface area contributed by atoms with E-state index in [4.69, 9.17) is 0 Å². The second-order valence-electron chi connectivity index (χ2n) is 3.15. The van der Waals surface area contributed by atoms with Crippen LogP contribution in [-0.2, 0) is 6.18 Å². The molecular weight excluding hydrogens is 205 g/mol. The molecule has 0 unspecified atom stereocenters. The summed E-state index contributed by atoms with van der Waals surface area (Å²) in [5.74, 6) is 0. The molecule has 15 heavy (non-hydrogen) atoms. The molecule has 1 heterocycles. The van der Waals surface area contributed by atoms with E-state index in [-0.39, 0.29) is 0 Å². The van der Waals surface area contributed by atoms with Crippen LogP contribution in [0.1, 0.15) is 18.2 Å². The third kappa shape index (κ3) is 2.49. The SMILES string of the molecule is C=C(C)c1ncc(C(F)(F)F)cc1NC. The molecule has 1 aromatic rings. The lowest BCUT2D eigenvalue weighted by Gasteiger charge is -2.11. The highest BCUT2D eigenvalue weighted by Crippen LogP contribution is 2.32. The normalized spacial score (nSPS) is 11.3. The molecule has 0 aliphatic rings. The maximum atomic E-state index is 12.3. The quantitative estimate of drug-likeness (QED) is 0.821. The number of nitrogens with one attached hydrogen (secondary N) is 1. The minimum Gasteiger partial charge on any atom is -0.386 e. The van der Waals surface area contributed by atoms with Crippen LogP contribution < -0.4 is 5.32 Å². The van der Waals surface area contributed by atoms with Crippen molar-refractivity contribution in [1.29, 1.82) is 0 Å². The first-order chi connectivity index (χ1) is 6.86. The molecule has 0 aromatic carbocycles. The van der Waals surface area contributed by atoms with Crippen LogP contribution in [0.15, 0.2) is 18.8 Å². The fraction of sp³-hybridized carbons (Fsp3) is 0.300. The Morgan fingerprint density at radius 2 is 2.07 bits per heavy atom. The highest BCUT2D eigenvalue weighted by molar-refractivity contribution is 5.71. The van der Waals surface area contributed by atoms with E-state index in [0.29, 0.717) is 17.0 Å². The number of nitrogens with zero attached hydrogens (tertiary/aromatic N) is 1. The number of hydrogen-bond donors (Lipinski definition) is 1. The van der Waals surface area contributed by atoms with Crippen molar-refractivity contribution in [3.05, 3.63) is 30.1 Å². The standard InChI is InChI=1S/C10H11F3N2/c1-6(2)9-8(14-3)4-7(5-15-9)10(11,12)13/h4-5,14H,1H2,2-3H3. The highest BCUT2D eigenvalue weighted by Gasteiger charge is 2.31. The van der Waals surface area contributed by atoms with Crippen LogP contribution in [0, 0.1) is 0 Å². The number of rotatable bonds is 2. The summed E-state index contributed by atoms with van der Waals surface area (Å²) < 4.78 is 37.0. The number of allylic oxidation sites excluding steroid dienone is 1. The van der Waals surface area contributed by atoms with Crippen molar-refractivity contribution in [1.82, 2.24) is 4.98 Å². The molecule has 0 fully saturated rings. The van der Waals surface area contributed by atoms with E-state index in [2.05, 4.69) is 16.9 Å². The molecule has 0 saturated carbocycles. The third-order valence-electron chi connectivity index (χ3n) is 1.89. The van der Waals surface area contributed by atoms with Crippen LogP contribution in [-0.4, -0.2) is 12.0 Å². The smallest absolute Gasteiger partial charge is 0.386 e. The summed E-state index contributed by atoms with van der Waals surface area (Å²) in [5, 5.41) is 2.67. The van der Waals surface area contributed by atoms with Gasteiger partial charge in [0.2, 0.25) is 0 Å². The molecule has 2 nitrogen and oxygen atoms in total. The molecule has 0 spiro atoms. The van der Waals surface area contributed by atoms with Crippen molar-refractivity contribution in [2.75, 3.05) is 12.4 Å². The summed E-state index contributed by atoms with van der Waals surface area (Å²) in [6.45, 7) is 5.33. The average Bonchev–Trinajstić information content (AvgIpc) is 2.15. The second-order valence-corrected chi connectivity index (χ2v) is 3.15. The summed E-state index contributed by atoms with van der Waals surface area (Å²) in [7, 11) is 1.55. The fourth-order valence-electron chi connectivity index (χ4n) is 1.15. The van der Waals surface area contributed by atoms with Crippen LogP contribution in [0.5, 0.6) is 0 Å². The first kappa shape index (κ1) is 11.6. The van der Waals surface area contributed by atoms with Gasteiger partial charge in [-0.2, -0.15) is 13.2 Å². The first-order valence-corrected chi connectivity index (χ1v) is 4.27. The van der Waals surface area contributed by atoms with Crippen molar-refractivity contribution in [2.45, 2.75) is 13.1 Å². The minimum absolute atomic E-state index is 0.331. The number of hydrogen-bond acceptors (Lipinski definition) is 2. The van der Waals surface area contributed by atoms with Crippen LogP contribution in [0.3, 0.4) is 0 Å². The zero-order valence-corrected chi connectivity index (χ0v) is 8.44. The largest absolute Gasteiger partial charge is 0.417 e. The number of aromatic nitrogens is 1. The van der Waals surface area contributed by atoms with Gasteiger partial charge >= 0.3 is 6.18 Å². The van der Waals surface area contributed by atoms with Gasteiger partial charge < -0.3 is 5.32 Å². The molecule has 0 amide bonds. The molecule has 0 aliphatic heterocycles. The molecule has 0 radical (unpaired) electrons. The molecule has 1 aromatic heterocycles. The zero-order chi connectivity index (χ0) is 11.6. The van der Waals surface area contributed by atoms with Gasteiger partial charge in [0, 0.05) is 13.2 Å². The Bertz CT molecular complexity index is 383. The van der Waals surface area contributed by atoms with E-state index >= 15 is 0 Å². The zero-order valence-electron chi connectivity index (χ0n) is 8.44. The number of halogens is 3. The molecule has 0 bridgehead atoms.